The molecule has 3 heterocycles. The van der Waals surface area contributed by atoms with Gasteiger partial charge in [0.15, 0.2) is 22.0 Å². The van der Waals surface area contributed by atoms with Crippen LogP contribution in [-0.2, 0) is 6.18 Å². The lowest BCUT2D eigenvalue weighted by Crippen LogP contribution is -2.07. The molecule has 0 spiro atoms. The van der Waals surface area contributed by atoms with Crippen LogP contribution in [0, 0.1) is 5.82 Å². The third kappa shape index (κ3) is 4.42. The minimum absolute atomic E-state index is 0.233. The molecule has 2 aromatic carbocycles. The van der Waals surface area contributed by atoms with Gasteiger partial charge in [-0.2, -0.15) is 13.2 Å². The third-order valence-electron chi connectivity index (χ3n) is 5.78. The summed E-state index contributed by atoms with van der Waals surface area (Å²) in [7, 11) is 2.08. The van der Waals surface area contributed by atoms with Gasteiger partial charge in [0.2, 0.25) is 4.88 Å². The fourth-order valence-corrected chi connectivity index (χ4v) is 5.86. The summed E-state index contributed by atoms with van der Waals surface area (Å²) in [6, 6.07) is 13.7. The van der Waals surface area contributed by atoms with Crippen molar-refractivity contribution >= 4 is 27.3 Å². The highest BCUT2D eigenvalue weighted by Gasteiger charge is 2.36. The van der Waals surface area contributed by atoms with Crippen molar-refractivity contribution in [3.05, 3.63) is 77.7 Å². The molecular formula is C26H19F4N4O2S+. The van der Waals surface area contributed by atoms with Crippen LogP contribution >= 0.6 is 10.5 Å². The van der Waals surface area contributed by atoms with Crippen LogP contribution in [0.1, 0.15) is 5.56 Å². The highest BCUT2D eigenvalue weighted by Crippen LogP contribution is 2.47. The highest BCUT2D eigenvalue weighted by atomic mass is 32.2. The lowest BCUT2D eigenvalue weighted by molar-refractivity contribution is -0.139. The predicted octanol–water partition coefficient (Wildman–Crippen LogP) is 6.85. The zero-order valence-electron chi connectivity index (χ0n) is 19.5. The lowest BCUT2D eigenvalue weighted by atomic mass is 10.0. The average Bonchev–Trinajstić information content (AvgIpc) is 3.37. The first-order valence-corrected chi connectivity index (χ1v) is 12.1. The molecule has 1 unspecified atom stereocenters. The van der Waals surface area contributed by atoms with Crippen LogP contribution in [0.3, 0.4) is 0 Å². The maximum Gasteiger partial charge on any atom is 0.419 e. The van der Waals surface area contributed by atoms with Gasteiger partial charge in [-0.1, -0.05) is 6.07 Å². The number of anilines is 1. The fraction of sp³-hybridized carbons (Fsp3) is 0.115. The monoisotopic (exact) mass is 527 g/mol. The number of ether oxygens (including phenoxy) is 2. The van der Waals surface area contributed by atoms with Gasteiger partial charge in [-0.3, -0.25) is 0 Å². The van der Waals surface area contributed by atoms with Gasteiger partial charge in [-0.15, -0.1) is 0 Å². The number of pyridine rings is 1. The van der Waals surface area contributed by atoms with Crippen molar-refractivity contribution < 1.29 is 27.0 Å². The maximum absolute atomic E-state index is 14.0. The van der Waals surface area contributed by atoms with Gasteiger partial charge in [0.05, 0.1) is 25.2 Å². The van der Waals surface area contributed by atoms with E-state index in [9.17, 15) is 17.6 Å². The molecule has 37 heavy (non-hydrogen) atoms. The molecule has 0 radical (unpaired) electrons. The smallest absolute Gasteiger partial charge is 0.419 e. The normalized spacial score (nSPS) is 12.1. The van der Waals surface area contributed by atoms with Gasteiger partial charge in [0.1, 0.15) is 29.0 Å². The van der Waals surface area contributed by atoms with Crippen molar-refractivity contribution in [2.75, 3.05) is 20.0 Å². The van der Waals surface area contributed by atoms with Crippen LogP contribution in [0.15, 0.2) is 66.3 Å². The average molecular weight is 528 g/mol. The van der Waals surface area contributed by atoms with E-state index in [4.69, 9.17) is 20.2 Å². The Morgan fingerprint density at radius 1 is 0.919 bits per heavy atom. The maximum atomic E-state index is 14.0. The number of methoxy groups -OCH3 is 2. The number of benzene rings is 2. The van der Waals surface area contributed by atoms with Crippen molar-refractivity contribution in [3.8, 4) is 38.1 Å². The molecule has 0 saturated carbocycles. The van der Waals surface area contributed by atoms with Crippen molar-refractivity contribution in [1.29, 1.82) is 0 Å². The van der Waals surface area contributed by atoms with Gasteiger partial charge < -0.3 is 15.2 Å². The van der Waals surface area contributed by atoms with Crippen LogP contribution < -0.4 is 15.2 Å². The molecule has 0 saturated heterocycles. The summed E-state index contributed by atoms with van der Waals surface area (Å²) in [5, 5.41) is 2.28. The standard InChI is InChI=1S/C26H19F4N4O2S/c1-35-20-8-5-14(10-21(20)36-2)16-12-17-24(31)32-13-33-25(17)34-23(16)22-4-3-9-37(22)15-6-7-19(27)18(11-15)26(28,29)30/h3-13H,1-2H3,(H2,31,32,33,34)/q+1. The summed E-state index contributed by atoms with van der Waals surface area (Å²) < 4.78 is 65.1. The summed E-state index contributed by atoms with van der Waals surface area (Å²) in [6.45, 7) is 0. The molecule has 0 amide bonds. The zero-order valence-corrected chi connectivity index (χ0v) is 20.3. The van der Waals surface area contributed by atoms with Crippen LogP contribution in [0.4, 0.5) is 23.4 Å². The van der Waals surface area contributed by atoms with E-state index in [-0.39, 0.29) is 5.82 Å². The van der Waals surface area contributed by atoms with Gasteiger partial charge in [0.25, 0.3) is 0 Å². The Kier molecular flexibility index (Phi) is 6.16. The Morgan fingerprint density at radius 3 is 2.43 bits per heavy atom. The molecule has 11 heteroatoms. The number of nitrogens with zero attached hydrogens (tertiary/aromatic N) is 3. The Morgan fingerprint density at radius 2 is 1.70 bits per heavy atom. The third-order valence-corrected chi connectivity index (χ3v) is 7.77. The minimum Gasteiger partial charge on any atom is -0.493 e. The molecule has 5 rings (SSSR count). The summed E-state index contributed by atoms with van der Waals surface area (Å²) >= 11 is 0. The number of rotatable bonds is 5. The number of thiophene rings is 1. The van der Waals surface area contributed by atoms with Gasteiger partial charge in [-0.25, -0.2) is 19.3 Å². The quantitative estimate of drug-likeness (QED) is 0.199. The highest BCUT2D eigenvalue weighted by molar-refractivity contribution is 7.41. The Hall–Kier alpha value is -4.25. The Balaban J connectivity index is 1.77. The van der Waals surface area contributed by atoms with Crippen LogP contribution in [0.5, 0.6) is 11.5 Å². The number of alkyl halides is 3. The summed E-state index contributed by atoms with van der Waals surface area (Å²) in [4.78, 5) is 14.0. The molecule has 1 atom stereocenters. The van der Waals surface area contributed by atoms with E-state index in [2.05, 4.69) is 9.97 Å². The molecule has 3 aromatic heterocycles. The topological polar surface area (TPSA) is 83.2 Å². The van der Waals surface area contributed by atoms with E-state index in [1.807, 2.05) is 6.07 Å². The Bertz CT molecular complexity index is 1640. The van der Waals surface area contributed by atoms with E-state index in [0.717, 1.165) is 12.1 Å². The van der Waals surface area contributed by atoms with Crippen LogP contribution in [-0.4, -0.2) is 29.2 Å². The number of hydrogen-bond donors (Lipinski definition) is 1. The molecule has 5 aromatic rings. The molecule has 0 fully saturated rings. The molecule has 6 nitrogen and oxygen atoms in total. The van der Waals surface area contributed by atoms with E-state index < -0.39 is 28.0 Å². The lowest BCUT2D eigenvalue weighted by Gasteiger charge is -2.13. The van der Waals surface area contributed by atoms with E-state index >= 15 is 0 Å². The molecule has 0 aliphatic heterocycles. The predicted molar refractivity (Wildman–Crippen MR) is 134 cm³/mol. The van der Waals surface area contributed by atoms with Crippen molar-refractivity contribution in [1.82, 2.24) is 15.0 Å². The van der Waals surface area contributed by atoms with Crippen molar-refractivity contribution in [3.63, 3.8) is 0 Å². The van der Waals surface area contributed by atoms with Crippen LogP contribution in [0.2, 0.25) is 0 Å². The van der Waals surface area contributed by atoms with E-state index in [0.29, 0.717) is 49.1 Å². The second kappa shape index (κ2) is 9.32. The molecule has 0 aliphatic carbocycles. The van der Waals surface area contributed by atoms with Gasteiger partial charge in [-0.05, 0) is 35.9 Å². The van der Waals surface area contributed by atoms with E-state index in [1.54, 1.807) is 35.7 Å². The van der Waals surface area contributed by atoms with E-state index in [1.165, 1.54) is 26.6 Å². The molecule has 2 N–H and O–H groups in total. The number of nitrogens with two attached hydrogens (primary N) is 1. The summed E-state index contributed by atoms with van der Waals surface area (Å²) in [5.74, 6) is -0.0849. The molecule has 0 aliphatic rings. The van der Waals surface area contributed by atoms with Gasteiger partial charge >= 0.3 is 6.18 Å². The fourth-order valence-electron chi connectivity index (χ4n) is 4.02. The van der Waals surface area contributed by atoms with Crippen molar-refractivity contribution in [2.24, 2.45) is 0 Å². The largest absolute Gasteiger partial charge is 0.493 e. The molecule has 0 bridgehead atoms. The minimum atomic E-state index is -4.82. The number of halogens is 4. The second-order valence-corrected chi connectivity index (χ2v) is 9.78. The van der Waals surface area contributed by atoms with Gasteiger partial charge in [0, 0.05) is 34.2 Å². The first-order valence-electron chi connectivity index (χ1n) is 10.8. The number of nitrogen functional groups attached to an aromatic ring is 1. The first-order chi connectivity index (χ1) is 17.7. The number of hydrogen-bond acceptors (Lipinski definition) is 6. The zero-order chi connectivity index (χ0) is 26.3. The molecular weight excluding hydrogens is 508 g/mol. The first kappa shape index (κ1) is 24.4. The van der Waals surface area contributed by atoms with Crippen LogP contribution in [0.25, 0.3) is 37.6 Å². The summed E-state index contributed by atoms with van der Waals surface area (Å²) in [6.07, 6.45) is -3.53. The summed E-state index contributed by atoms with van der Waals surface area (Å²) in [5.41, 5.74) is 6.95. The molecule has 188 valence electrons. The number of fused-ring (bicyclic) bond motifs is 1. The second-order valence-electron chi connectivity index (χ2n) is 7.92. The number of aromatic nitrogens is 3. The van der Waals surface area contributed by atoms with Crippen molar-refractivity contribution in [2.45, 2.75) is 6.18 Å². The Labute approximate surface area is 211 Å². The SMILES string of the molecule is COc1ccc(-c2cc3c(N)ncnc3nc2-c2ccc[s+]2-c2ccc(F)c(C(F)(F)F)c2)cc1OC.